The Labute approximate surface area is 101 Å². The molecule has 17 heavy (non-hydrogen) atoms. The largest absolute Gasteiger partial charge is 0.379 e. The van der Waals surface area contributed by atoms with Crippen molar-refractivity contribution in [2.24, 2.45) is 11.1 Å². The number of rotatable bonds is 3. The summed E-state index contributed by atoms with van der Waals surface area (Å²) in [6, 6.07) is -0.883. The quantitative estimate of drug-likeness (QED) is 0.662. The normalized spacial score (nSPS) is 29.8. The van der Waals surface area contributed by atoms with Gasteiger partial charge in [-0.1, -0.05) is 0 Å². The molecule has 0 spiro atoms. The minimum absolute atomic E-state index is 0.144. The molecular weight excluding hydrogens is 222 g/mol. The van der Waals surface area contributed by atoms with Gasteiger partial charge in [0.15, 0.2) is 0 Å². The highest BCUT2D eigenvalue weighted by atomic mass is 16.5. The van der Waals surface area contributed by atoms with Gasteiger partial charge in [0.2, 0.25) is 11.8 Å². The number of hydrogen-bond donors (Lipinski definition) is 2. The Morgan fingerprint density at radius 1 is 1.53 bits per heavy atom. The first-order valence-corrected chi connectivity index (χ1v) is 5.64. The highest BCUT2D eigenvalue weighted by Crippen LogP contribution is 2.27. The molecule has 1 aliphatic heterocycles. The number of carbonyl (C=O) groups excluding carboxylic acids is 2. The maximum absolute atomic E-state index is 12.1. The van der Waals surface area contributed by atoms with Gasteiger partial charge in [0.05, 0.1) is 18.6 Å². The van der Waals surface area contributed by atoms with Crippen molar-refractivity contribution in [3.05, 3.63) is 0 Å². The molecule has 1 rings (SSSR count). The summed E-state index contributed by atoms with van der Waals surface area (Å²) >= 11 is 0. The van der Waals surface area contributed by atoms with Crippen LogP contribution in [-0.2, 0) is 14.3 Å². The molecule has 1 aliphatic rings. The van der Waals surface area contributed by atoms with E-state index in [1.165, 1.54) is 4.90 Å². The molecule has 0 saturated carbocycles. The van der Waals surface area contributed by atoms with Gasteiger partial charge in [-0.3, -0.25) is 9.59 Å². The lowest BCUT2D eigenvalue weighted by molar-refractivity contribution is -0.137. The second-order valence-electron chi connectivity index (χ2n) is 4.97. The highest BCUT2D eigenvalue weighted by molar-refractivity contribution is 5.90. The van der Waals surface area contributed by atoms with E-state index in [9.17, 15) is 9.59 Å². The third-order valence-electron chi connectivity index (χ3n) is 3.20. The molecule has 1 saturated heterocycles. The first-order valence-electron chi connectivity index (χ1n) is 5.64. The smallest absolute Gasteiger partial charge is 0.244 e. The number of ether oxygens (including phenoxy) is 1. The summed E-state index contributed by atoms with van der Waals surface area (Å²) in [4.78, 5) is 25.1. The second kappa shape index (κ2) is 5.01. The van der Waals surface area contributed by atoms with Crippen molar-refractivity contribution in [3.8, 4) is 0 Å². The van der Waals surface area contributed by atoms with Crippen LogP contribution in [-0.4, -0.2) is 56.1 Å². The molecule has 0 aromatic carbocycles. The van der Waals surface area contributed by atoms with E-state index in [0.29, 0.717) is 13.2 Å². The van der Waals surface area contributed by atoms with Gasteiger partial charge in [0.1, 0.15) is 6.04 Å². The van der Waals surface area contributed by atoms with Crippen LogP contribution < -0.4 is 11.1 Å². The maximum Gasteiger partial charge on any atom is 0.244 e. The predicted octanol–water partition coefficient (Wildman–Crippen LogP) is -1.06. The summed E-state index contributed by atoms with van der Waals surface area (Å²) in [6.45, 7) is 4.08. The zero-order valence-corrected chi connectivity index (χ0v) is 10.8. The minimum Gasteiger partial charge on any atom is -0.379 e. The van der Waals surface area contributed by atoms with E-state index in [1.807, 2.05) is 0 Å². The number of likely N-dealkylation sites (N-methyl/N-ethyl adjacent to an activating group) is 1. The Morgan fingerprint density at radius 2 is 2.12 bits per heavy atom. The van der Waals surface area contributed by atoms with Crippen molar-refractivity contribution in [3.63, 3.8) is 0 Å². The third kappa shape index (κ3) is 2.76. The fourth-order valence-electron chi connectivity index (χ4n) is 1.73. The zero-order chi connectivity index (χ0) is 13.2. The molecule has 1 heterocycles. The van der Waals surface area contributed by atoms with Crippen LogP contribution in [0.4, 0.5) is 0 Å². The van der Waals surface area contributed by atoms with Crippen LogP contribution in [0.5, 0.6) is 0 Å². The molecule has 2 amide bonds. The van der Waals surface area contributed by atoms with Crippen LogP contribution in [0.2, 0.25) is 0 Å². The lowest BCUT2D eigenvalue weighted by Crippen LogP contribution is -2.54. The molecule has 6 heteroatoms. The first-order chi connectivity index (χ1) is 7.79. The van der Waals surface area contributed by atoms with E-state index < -0.39 is 11.5 Å². The molecule has 0 radical (unpaired) electrons. The number of carbonyl (C=O) groups is 2. The summed E-state index contributed by atoms with van der Waals surface area (Å²) in [5.74, 6) is -0.375. The molecule has 3 N–H and O–H groups in total. The lowest BCUT2D eigenvalue weighted by atomic mass is 9.84. The minimum atomic E-state index is -0.749. The van der Waals surface area contributed by atoms with Gasteiger partial charge in [-0.15, -0.1) is 0 Å². The van der Waals surface area contributed by atoms with E-state index in [1.54, 1.807) is 27.9 Å². The van der Waals surface area contributed by atoms with E-state index in [0.717, 1.165) is 0 Å². The van der Waals surface area contributed by atoms with Gasteiger partial charge in [0, 0.05) is 20.1 Å². The second-order valence-corrected chi connectivity index (χ2v) is 4.97. The molecule has 0 aliphatic carbocycles. The fourth-order valence-corrected chi connectivity index (χ4v) is 1.73. The molecule has 6 nitrogen and oxygen atoms in total. The number of nitrogens with two attached hydrogens (primary N) is 1. The highest BCUT2D eigenvalue weighted by Gasteiger charge is 2.45. The van der Waals surface area contributed by atoms with Crippen LogP contribution in [0.25, 0.3) is 0 Å². The van der Waals surface area contributed by atoms with E-state index in [4.69, 9.17) is 10.5 Å². The number of amides is 2. The summed E-state index contributed by atoms with van der Waals surface area (Å²) in [7, 11) is 3.30. The van der Waals surface area contributed by atoms with Gasteiger partial charge in [-0.25, -0.2) is 0 Å². The van der Waals surface area contributed by atoms with Gasteiger partial charge < -0.3 is 20.7 Å². The van der Waals surface area contributed by atoms with Crippen molar-refractivity contribution in [2.45, 2.75) is 25.9 Å². The Bertz CT molecular complexity index is 319. The average molecular weight is 243 g/mol. The Hall–Kier alpha value is -1.14. The Kier molecular flexibility index (Phi) is 4.11. The average Bonchev–Trinajstić information content (AvgIpc) is 2.59. The fraction of sp³-hybridized carbons (Fsp3) is 0.818. The Balaban J connectivity index is 2.63. The van der Waals surface area contributed by atoms with Crippen molar-refractivity contribution in [1.82, 2.24) is 10.2 Å². The first kappa shape index (κ1) is 13.9. The topological polar surface area (TPSA) is 84.7 Å². The zero-order valence-electron chi connectivity index (χ0n) is 10.8. The summed E-state index contributed by atoms with van der Waals surface area (Å²) in [5.41, 5.74) is 5.10. The van der Waals surface area contributed by atoms with Crippen molar-refractivity contribution < 1.29 is 14.3 Å². The van der Waals surface area contributed by atoms with Crippen molar-refractivity contribution in [1.29, 1.82) is 0 Å². The van der Waals surface area contributed by atoms with E-state index in [-0.39, 0.29) is 17.9 Å². The van der Waals surface area contributed by atoms with Crippen LogP contribution in [0.15, 0.2) is 0 Å². The van der Waals surface area contributed by atoms with Crippen molar-refractivity contribution >= 4 is 11.8 Å². The third-order valence-corrected chi connectivity index (χ3v) is 3.20. The lowest BCUT2D eigenvalue weighted by Gasteiger charge is -2.28. The molecule has 0 aromatic heterocycles. The molecule has 0 bridgehead atoms. The van der Waals surface area contributed by atoms with Gasteiger partial charge in [-0.05, 0) is 13.8 Å². The van der Waals surface area contributed by atoms with E-state index in [2.05, 4.69) is 5.32 Å². The summed E-state index contributed by atoms with van der Waals surface area (Å²) in [5, 5.41) is 2.68. The molecule has 3 unspecified atom stereocenters. The SMILES string of the molecule is CC(NC(=O)C1(C)COCC1N)C(=O)N(C)C. The molecule has 98 valence electrons. The molecule has 0 aromatic rings. The molecule has 1 fully saturated rings. The standard InChI is InChI=1S/C11H21N3O3/c1-7(9(15)14(3)4)13-10(16)11(2)6-17-5-8(11)12/h7-8H,5-6,12H2,1-4H3,(H,13,16). The summed E-state index contributed by atoms with van der Waals surface area (Å²) in [6.07, 6.45) is 0. The van der Waals surface area contributed by atoms with E-state index >= 15 is 0 Å². The monoisotopic (exact) mass is 243 g/mol. The van der Waals surface area contributed by atoms with Crippen LogP contribution in [0.1, 0.15) is 13.8 Å². The van der Waals surface area contributed by atoms with Gasteiger partial charge in [-0.2, -0.15) is 0 Å². The summed E-state index contributed by atoms with van der Waals surface area (Å²) < 4.78 is 5.20. The van der Waals surface area contributed by atoms with Crippen LogP contribution in [0, 0.1) is 5.41 Å². The van der Waals surface area contributed by atoms with Gasteiger partial charge in [0.25, 0.3) is 0 Å². The van der Waals surface area contributed by atoms with Crippen LogP contribution in [0.3, 0.4) is 0 Å². The van der Waals surface area contributed by atoms with Gasteiger partial charge >= 0.3 is 0 Å². The molecule has 3 atom stereocenters. The van der Waals surface area contributed by atoms with Crippen molar-refractivity contribution in [2.75, 3.05) is 27.3 Å². The Morgan fingerprint density at radius 3 is 2.53 bits per heavy atom. The molecular formula is C11H21N3O3. The number of hydrogen-bond acceptors (Lipinski definition) is 4. The number of nitrogens with one attached hydrogen (secondary N) is 1. The van der Waals surface area contributed by atoms with Crippen LogP contribution >= 0.6 is 0 Å². The number of nitrogens with zero attached hydrogens (tertiary/aromatic N) is 1. The predicted molar refractivity (Wildman–Crippen MR) is 63.2 cm³/mol. The maximum atomic E-state index is 12.1.